The Morgan fingerprint density at radius 1 is 1.04 bits per heavy atom. The van der Waals surface area contributed by atoms with E-state index in [9.17, 15) is 19.5 Å². The number of carbonyl (C=O) groups excluding carboxylic acids is 3. The number of fused-ring (bicyclic) bond motifs is 1. The van der Waals surface area contributed by atoms with Gasteiger partial charge in [-0.2, -0.15) is 5.10 Å². The second-order valence-corrected chi connectivity index (χ2v) is 5.55. The number of benzene rings is 2. The molecule has 25 heavy (non-hydrogen) atoms. The highest BCUT2D eigenvalue weighted by Gasteiger charge is 2.35. The summed E-state index contributed by atoms with van der Waals surface area (Å²) in [6.07, 6.45) is 0. The van der Waals surface area contributed by atoms with Crippen molar-refractivity contribution >= 4 is 23.4 Å². The summed E-state index contributed by atoms with van der Waals surface area (Å²) in [4.78, 5) is 37.6. The molecule has 0 spiro atoms. The van der Waals surface area contributed by atoms with E-state index < -0.39 is 5.91 Å². The largest absolute Gasteiger partial charge is 0.507 e. The third-order valence-electron chi connectivity index (χ3n) is 3.76. The number of hydrogen-bond acceptors (Lipinski definition) is 5. The average Bonchev–Trinajstić information content (AvgIpc) is 2.85. The molecule has 0 aliphatic carbocycles. The third kappa shape index (κ3) is 3.12. The Labute approximate surface area is 143 Å². The molecule has 0 unspecified atom stereocenters. The van der Waals surface area contributed by atoms with E-state index in [0.717, 1.165) is 4.90 Å². The predicted octanol–water partition coefficient (Wildman–Crippen LogP) is 1.79. The SMILES string of the molecule is C/C(CN1C(=O)c2ccccc2C1=O)=N/NC(=O)c1ccccc1O. The second-order valence-electron chi connectivity index (χ2n) is 5.55. The van der Waals surface area contributed by atoms with Gasteiger partial charge in [0.2, 0.25) is 0 Å². The van der Waals surface area contributed by atoms with Gasteiger partial charge in [-0.05, 0) is 31.2 Å². The van der Waals surface area contributed by atoms with E-state index in [1.54, 1.807) is 43.3 Å². The molecule has 2 aromatic carbocycles. The minimum Gasteiger partial charge on any atom is -0.507 e. The Hall–Kier alpha value is -3.48. The number of amides is 3. The first-order valence-electron chi connectivity index (χ1n) is 7.55. The lowest BCUT2D eigenvalue weighted by Crippen LogP contribution is -2.35. The van der Waals surface area contributed by atoms with Gasteiger partial charge in [-0.25, -0.2) is 5.43 Å². The Kier molecular flexibility index (Phi) is 4.30. The highest BCUT2D eigenvalue weighted by molar-refractivity contribution is 6.22. The molecular weight excluding hydrogens is 322 g/mol. The van der Waals surface area contributed by atoms with E-state index in [4.69, 9.17) is 0 Å². The third-order valence-corrected chi connectivity index (χ3v) is 3.76. The fourth-order valence-corrected chi connectivity index (χ4v) is 2.52. The maximum absolute atomic E-state index is 12.3. The fraction of sp³-hybridized carbons (Fsp3) is 0.111. The van der Waals surface area contributed by atoms with Gasteiger partial charge in [-0.15, -0.1) is 0 Å². The zero-order valence-corrected chi connectivity index (χ0v) is 13.4. The number of rotatable bonds is 4. The number of para-hydroxylation sites is 1. The van der Waals surface area contributed by atoms with Crippen LogP contribution in [0.5, 0.6) is 5.75 Å². The molecule has 1 aliphatic rings. The molecule has 0 atom stereocenters. The van der Waals surface area contributed by atoms with Gasteiger partial charge in [0.05, 0.1) is 28.9 Å². The summed E-state index contributed by atoms with van der Waals surface area (Å²) in [6.45, 7) is 1.56. The molecule has 0 radical (unpaired) electrons. The van der Waals surface area contributed by atoms with Gasteiger partial charge >= 0.3 is 0 Å². The van der Waals surface area contributed by atoms with Crippen molar-refractivity contribution in [1.82, 2.24) is 10.3 Å². The van der Waals surface area contributed by atoms with Gasteiger partial charge in [-0.3, -0.25) is 19.3 Å². The summed E-state index contributed by atoms with van der Waals surface area (Å²) in [7, 11) is 0. The van der Waals surface area contributed by atoms with Gasteiger partial charge in [0.25, 0.3) is 17.7 Å². The van der Waals surface area contributed by atoms with Crippen LogP contribution >= 0.6 is 0 Å². The Bertz CT molecular complexity index is 870. The first-order chi connectivity index (χ1) is 12.0. The van der Waals surface area contributed by atoms with Crippen LogP contribution in [0.25, 0.3) is 0 Å². The predicted molar refractivity (Wildman–Crippen MR) is 90.5 cm³/mol. The normalized spacial score (nSPS) is 13.8. The van der Waals surface area contributed by atoms with Crippen LogP contribution < -0.4 is 5.43 Å². The highest BCUT2D eigenvalue weighted by atomic mass is 16.3. The van der Waals surface area contributed by atoms with Crippen LogP contribution in [0, 0.1) is 0 Å². The quantitative estimate of drug-likeness (QED) is 0.505. The fourth-order valence-electron chi connectivity index (χ4n) is 2.52. The van der Waals surface area contributed by atoms with Crippen molar-refractivity contribution in [2.75, 3.05) is 6.54 Å². The molecule has 2 N–H and O–H groups in total. The van der Waals surface area contributed by atoms with Crippen molar-refractivity contribution in [2.45, 2.75) is 6.92 Å². The minimum atomic E-state index is -0.584. The molecule has 1 heterocycles. The van der Waals surface area contributed by atoms with Crippen molar-refractivity contribution in [3.05, 3.63) is 65.2 Å². The molecule has 0 bridgehead atoms. The van der Waals surface area contributed by atoms with Crippen molar-refractivity contribution < 1.29 is 19.5 Å². The average molecular weight is 337 g/mol. The topological polar surface area (TPSA) is 99.1 Å². The molecule has 1 aliphatic heterocycles. The van der Waals surface area contributed by atoms with Gasteiger partial charge in [0.1, 0.15) is 5.75 Å². The number of aromatic hydroxyl groups is 1. The van der Waals surface area contributed by atoms with Crippen molar-refractivity contribution in [2.24, 2.45) is 5.10 Å². The number of imide groups is 1. The molecular formula is C18H15N3O4. The molecule has 7 nitrogen and oxygen atoms in total. The monoisotopic (exact) mass is 337 g/mol. The first-order valence-corrected chi connectivity index (χ1v) is 7.55. The van der Waals surface area contributed by atoms with Crippen LogP contribution in [-0.4, -0.2) is 40.0 Å². The summed E-state index contributed by atoms with van der Waals surface area (Å²) in [6, 6.07) is 12.7. The van der Waals surface area contributed by atoms with E-state index in [0.29, 0.717) is 16.8 Å². The lowest BCUT2D eigenvalue weighted by atomic mass is 10.1. The summed E-state index contributed by atoms with van der Waals surface area (Å²) >= 11 is 0. The molecule has 7 heteroatoms. The lowest BCUT2D eigenvalue weighted by Gasteiger charge is -2.13. The Morgan fingerprint density at radius 3 is 2.20 bits per heavy atom. The van der Waals surface area contributed by atoms with Crippen LogP contribution in [-0.2, 0) is 0 Å². The van der Waals surface area contributed by atoms with E-state index in [-0.39, 0.29) is 29.7 Å². The van der Waals surface area contributed by atoms with Gasteiger partial charge in [0, 0.05) is 0 Å². The molecule has 0 fully saturated rings. The Balaban J connectivity index is 1.69. The number of phenols is 1. The molecule has 0 saturated heterocycles. The van der Waals surface area contributed by atoms with Crippen molar-refractivity contribution in [3.63, 3.8) is 0 Å². The summed E-state index contributed by atoms with van der Waals surface area (Å²) in [5.41, 5.74) is 3.48. The smallest absolute Gasteiger partial charge is 0.275 e. The maximum atomic E-state index is 12.3. The van der Waals surface area contributed by atoms with Crippen LogP contribution in [0.1, 0.15) is 38.0 Å². The first kappa shape index (κ1) is 16.4. The molecule has 0 saturated carbocycles. The number of carbonyl (C=O) groups is 3. The summed E-state index contributed by atoms with van der Waals surface area (Å²) < 4.78 is 0. The highest BCUT2D eigenvalue weighted by Crippen LogP contribution is 2.22. The molecule has 3 rings (SSSR count). The second kappa shape index (κ2) is 6.56. The van der Waals surface area contributed by atoms with Gasteiger partial charge in [0.15, 0.2) is 0 Å². The van der Waals surface area contributed by atoms with Crippen LogP contribution in [0.4, 0.5) is 0 Å². The molecule has 2 aromatic rings. The minimum absolute atomic E-state index is 0.0343. The van der Waals surface area contributed by atoms with Crippen LogP contribution in [0.2, 0.25) is 0 Å². The summed E-state index contributed by atoms with van der Waals surface area (Å²) in [5.74, 6) is -1.52. The molecule has 126 valence electrons. The maximum Gasteiger partial charge on any atom is 0.275 e. The van der Waals surface area contributed by atoms with E-state index in [1.165, 1.54) is 12.1 Å². The van der Waals surface area contributed by atoms with Gasteiger partial charge in [-0.1, -0.05) is 24.3 Å². The number of hydrazone groups is 1. The van der Waals surface area contributed by atoms with Crippen molar-refractivity contribution in [3.8, 4) is 5.75 Å². The van der Waals surface area contributed by atoms with E-state index in [1.807, 2.05) is 0 Å². The zero-order valence-electron chi connectivity index (χ0n) is 13.4. The lowest BCUT2D eigenvalue weighted by molar-refractivity contribution is 0.0677. The zero-order chi connectivity index (χ0) is 18.0. The standard InChI is InChI=1S/C18H15N3O4/c1-11(19-20-16(23)14-8-4-5-9-15(14)22)10-21-17(24)12-6-2-3-7-13(12)18(21)25/h2-9,22H,10H2,1H3,(H,20,23)/b19-11-. The molecule has 0 aromatic heterocycles. The van der Waals surface area contributed by atoms with Crippen LogP contribution in [0.15, 0.2) is 53.6 Å². The van der Waals surface area contributed by atoms with Crippen molar-refractivity contribution in [1.29, 1.82) is 0 Å². The van der Waals surface area contributed by atoms with Gasteiger partial charge < -0.3 is 5.11 Å². The van der Waals surface area contributed by atoms with Crippen LogP contribution in [0.3, 0.4) is 0 Å². The number of phenolic OH excluding ortho intramolecular Hbond substituents is 1. The Morgan fingerprint density at radius 2 is 1.60 bits per heavy atom. The number of nitrogens with zero attached hydrogens (tertiary/aromatic N) is 2. The van der Waals surface area contributed by atoms with E-state index in [2.05, 4.69) is 10.5 Å². The summed E-state index contributed by atoms with van der Waals surface area (Å²) in [5, 5.41) is 13.5. The number of hydrogen-bond donors (Lipinski definition) is 2. The van der Waals surface area contributed by atoms with E-state index >= 15 is 0 Å². The number of nitrogens with one attached hydrogen (secondary N) is 1. The molecule has 3 amide bonds.